The second kappa shape index (κ2) is 12.4. The van der Waals surface area contributed by atoms with E-state index in [0.29, 0.717) is 5.92 Å². The summed E-state index contributed by atoms with van der Waals surface area (Å²) in [5.41, 5.74) is 1.38. The highest BCUT2D eigenvalue weighted by Crippen LogP contribution is 2.28. The van der Waals surface area contributed by atoms with Crippen molar-refractivity contribution >= 4 is 29.9 Å². The molecule has 0 aliphatic carbocycles. The molecule has 0 saturated carbocycles. The van der Waals surface area contributed by atoms with Crippen LogP contribution >= 0.6 is 24.0 Å². The lowest BCUT2D eigenvalue weighted by atomic mass is 9.98. The van der Waals surface area contributed by atoms with Crippen molar-refractivity contribution in [3.8, 4) is 5.75 Å². The molecule has 1 aromatic carbocycles. The summed E-state index contributed by atoms with van der Waals surface area (Å²) in [4.78, 5) is 6.81. The van der Waals surface area contributed by atoms with Gasteiger partial charge in [0.2, 0.25) is 0 Å². The fourth-order valence-electron chi connectivity index (χ4n) is 3.18. The summed E-state index contributed by atoms with van der Waals surface area (Å²) in [6.07, 6.45) is 4.63. The van der Waals surface area contributed by atoms with Crippen molar-refractivity contribution in [2.45, 2.75) is 31.6 Å². The van der Waals surface area contributed by atoms with E-state index in [1.54, 1.807) is 14.2 Å². The topological polar surface area (TPSA) is 46.1 Å². The zero-order chi connectivity index (χ0) is 17.2. The number of benzene rings is 1. The third kappa shape index (κ3) is 7.01. The first-order chi connectivity index (χ1) is 11.8. The van der Waals surface area contributed by atoms with Gasteiger partial charge in [-0.1, -0.05) is 12.1 Å². The van der Waals surface area contributed by atoms with Gasteiger partial charge in [-0.3, -0.25) is 4.99 Å². The van der Waals surface area contributed by atoms with Crippen LogP contribution in [-0.4, -0.2) is 58.4 Å². The first-order valence-corrected chi connectivity index (χ1v) is 8.87. The molecule has 0 spiro atoms. The molecule has 1 heterocycles. The fourth-order valence-corrected chi connectivity index (χ4v) is 3.18. The zero-order valence-corrected chi connectivity index (χ0v) is 18.0. The molecule has 25 heavy (non-hydrogen) atoms. The number of methoxy groups -OCH3 is 2. The maximum atomic E-state index is 5.24. The maximum absolute atomic E-state index is 5.24. The molecule has 1 aliphatic rings. The molecule has 142 valence electrons. The molecular weight excluding hydrogens is 429 g/mol. The van der Waals surface area contributed by atoms with Crippen molar-refractivity contribution in [1.82, 2.24) is 10.2 Å². The monoisotopic (exact) mass is 461 g/mol. The third-order valence-corrected chi connectivity index (χ3v) is 4.60. The average Bonchev–Trinajstić information content (AvgIpc) is 3.11. The highest BCUT2D eigenvalue weighted by molar-refractivity contribution is 14.0. The highest BCUT2D eigenvalue weighted by Gasteiger charge is 2.25. The molecule has 6 heteroatoms. The average molecular weight is 461 g/mol. The molecule has 0 amide bonds. The molecular formula is C19H32IN3O2. The number of halogens is 1. The van der Waals surface area contributed by atoms with Gasteiger partial charge in [0.25, 0.3) is 0 Å². The summed E-state index contributed by atoms with van der Waals surface area (Å²) in [6.45, 7) is 3.90. The van der Waals surface area contributed by atoms with E-state index >= 15 is 0 Å². The SMILES string of the molecule is CN=C(NCCCCCOC)N1CCC(c2ccc(OC)cc2)C1.I. The summed E-state index contributed by atoms with van der Waals surface area (Å²) in [5, 5.41) is 3.49. The molecule has 0 bridgehead atoms. The number of aliphatic imine (C=N–C) groups is 1. The number of likely N-dealkylation sites (tertiary alicyclic amines) is 1. The Bertz CT molecular complexity index is 508. The van der Waals surface area contributed by atoms with Crippen LogP contribution in [0.5, 0.6) is 5.75 Å². The lowest BCUT2D eigenvalue weighted by Crippen LogP contribution is -2.40. The smallest absolute Gasteiger partial charge is 0.193 e. The van der Waals surface area contributed by atoms with Crippen molar-refractivity contribution < 1.29 is 9.47 Å². The van der Waals surface area contributed by atoms with Crippen molar-refractivity contribution in [2.24, 2.45) is 4.99 Å². The van der Waals surface area contributed by atoms with Crippen molar-refractivity contribution in [3.05, 3.63) is 29.8 Å². The van der Waals surface area contributed by atoms with Crippen LogP contribution in [0.15, 0.2) is 29.3 Å². The van der Waals surface area contributed by atoms with Gasteiger partial charge in [0.05, 0.1) is 7.11 Å². The number of ether oxygens (including phenoxy) is 2. The van der Waals surface area contributed by atoms with E-state index in [4.69, 9.17) is 9.47 Å². The lowest BCUT2D eigenvalue weighted by molar-refractivity contribution is 0.192. The molecule has 1 saturated heterocycles. The molecule has 1 unspecified atom stereocenters. The number of hydrogen-bond acceptors (Lipinski definition) is 3. The zero-order valence-electron chi connectivity index (χ0n) is 15.7. The standard InChI is InChI=1S/C19H31N3O2.HI/c1-20-19(21-12-5-4-6-14-23-2)22-13-11-17(15-22)16-7-9-18(24-3)10-8-16;/h7-10,17H,4-6,11-15H2,1-3H3,(H,20,21);1H. The van der Waals surface area contributed by atoms with Gasteiger partial charge in [-0.25, -0.2) is 0 Å². The van der Waals surface area contributed by atoms with Gasteiger partial charge in [0.15, 0.2) is 5.96 Å². The highest BCUT2D eigenvalue weighted by atomic mass is 127. The summed E-state index contributed by atoms with van der Waals surface area (Å²) in [7, 11) is 5.33. The summed E-state index contributed by atoms with van der Waals surface area (Å²) >= 11 is 0. The van der Waals surface area contributed by atoms with Gasteiger partial charge in [0, 0.05) is 46.3 Å². The van der Waals surface area contributed by atoms with Crippen molar-refractivity contribution in [2.75, 3.05) is 47.5 Å². The molecule has 1 atom stereocenters. The van der Waals surface area contributed by atoms with Crippen LogP contribution in [0.4, 0.5) is 0 Å². The quantitative estimate of drug-likeness (QED) is 0.279. The Morgan fingerprint density at radius 3 is 2.60 bits per heavy atom. The number of unbranched alkanes of at least 4 members (excludes halogenated alkanes) is 2. The molecule has 1 aromatic rings. The van der Waals surface area contributed by atoms with Crippen LogP contribution in [-0.2, 0) is 4.74 Å². The second-order valence-electron chi connectivity index (χ2n) is 6.23. The number of hydrogen-bond donors (Lipinski definition) is 1. The molecule has 1 fully saturated rings. The van der Waals surface area contributed by atoms with Gasteiger partial charge in [0.1, 0.15) is 5.75 Å². The molecule has 5 nitrogen and oxygen atoms in total. The fraction of sp³-hybridized carbons (Fsp3) is 0.632. The third-order valence-electron chi connectivity index (χ3n) is 4.60. The van der Waals surface area contributed by atoms with Gasteiger partial charge < -0.3 is 19.7 Å². The predicted octanol–water partition coefficient (Wildman–Crippen LogP) is 3.49. The second-order valence-corrected chi connectivity index (χ2v) is 6.23. The van der Waals surface area contributed by atoms with E-state index < -0.39 is 0 Å². The van der Waals surface area contributed by atoms with E-state index in [1.165, 1.54) is 18.4 Å². The Morgan fingerprint density at radius 2 is 1.96 bits per heavy atom. The Morgan fingerprint density at radius 1 is 1.20 bits per heavy atom. The lowest BCUT2D eigenvalue weighted by Gasteiger charge is -2.22. The van der Waals surface area contributed by atoms with E-state index in [0.717, 1.165) is 50.8 Å². The first kappa shape index (κ1) is 22.0. The first-order valence-electron chi connectivity index (χ1n) is 8.87. The summed E-state index contributed by atoms with van der Waals surface area (Å²) in [6, 6.07) is 8.45. The van der Waals surface area contributed by atoms with E-state index in [1.807, 2.05) is 19.2 Å². The summed E-state index contributed by atoms with van der Waals surface area (Å²) in [5.74, 6) is 2.51. The van der Waals surface area contributed by atoms with E-state index in [-0.39, 0.29) is 24.0 Å². The maximum Gasteiger partial charge on any atom is 0.193 e. The Balaban J connectivity index is 0.00000312. The van der Waals surface area contributed by atoms with Gasteiger partial charge in [-0.05, 0) is 43.4 Å². The van der Waals surface area contributed by atoms with Crippen LogP contribution in [0.2, 0.25) is 0 Å². The summed E-state index contributed by atoms with van der Waals surface area (Å²) < 4.78 is 10.3. The van der Waals surface area contributed by atoms with Crippen LogP contribution in [0.1, 0.15) is 37.2 Å². The van der Waals surface area contributed by atoms with E-state index in [9.17, 15) is 0 Å². The molecule has 0 aromatic heterocycles. The molecule has 2 rings (SSSR count). The number of nitrogens with zero attached hydrogens (tertiary/aromatic N) is 2. The molecule has 0 radical (unpaired) electrons. The van der Waals surface area contributed by atoms with Gasteiger partial charge in [-0.2, -0.15) is 0 Å². The normalized spacial score (nSPS) is 17.3. The van der Waals surface area contributed by atoms with Crippen LogP contribution in [0.25, 0.3) is 0 Å². The Kier molecular flexibility index (Phi) is 10.9. The number of nitrogens with one attached hydrogen (secondary N) is 1. The Labute approximate surface area is 169 Å². The predicted molar refractivity (Wildman–Crippen MR) is 114 cm³/mol. The van der Waals surface area contributed by atoms with Crippen LogP contribution in [0.3, 0.4) is 0 Å². The van der Waals surface area contributed by atoms with E-state index in [2.05, 4.69) is 27.3 Å². The van der Waals surface area contributed by atoms with Crippen molar-refractivity contribution in [3.63, 3.8) is 0 Å². The molecule has 1 aliphatic heterocycles. The minimum absolute atomic E-state index is 0. The Hall–Kier alpha value is -1.02. The van der Waals surface area contributed by atoms with Crippen LogP contribution < -0.4 is 10.1 Å². The van der Waals surface area contributed by atoms with Crippen molar-refractivity contribution in [1.29, 1.82) is 0 Å². The molecule has 1 N–H and O–H groups in total. The minimum atomic E-state index is 0. The number of rotatable bonds is 8. The number of guanidine groups is 1. The largest absolute Gasteiger partial charge is 0.497 e. The minimum Gasteiger partial charge on any atom is -0.497 e. The van der Waals surface area contributed by atoms with Gasteiger partial charge >= 0.3 is 0 Å². The van der Waals surface area contributed by atoms with Gasteiger partial charge in [-0.15, -0.1) is 24.0 Å². The van der Waals surface area contributed by atoms with Crippen LogP contribution in [0, 0.1) is 0 Å².